The molecule has 2 heteroatoms. The van der Waals surface area contributed by atoms with Gasteiger partial charge in [-0.3, -0.25) is 0 Å². The molecule has 0 radical (unpaired) electrons. The standard InChI is InChI=1S/C45H34N2/c1-45(2)39-29-33(31-14-6-3-7-15-31)23-26-43(39)47(36-18-10-5-11-19-36)44-27-24-34(30-40(44)45)32-22-25-42-38(28-32)37-20-12-13-21-41(37)46(42)35-16-8-4-9-17-35/h3-30H,1-2H3. The summed E-state index contributed by atoms with van der Waals surface area (Å²) in [6, 6.07) is 61.9. The van der Waals surface area contributed by atoms with Gasteiger partial charge in [0.25, 0.3) is 0 Å². The van der Waals surface area contributed by atoms with E-state index in [9.17, 15) is 0 Å². The minimum Gasteiger partial charge on any atom is -0.310 e. The monoisotopic (exact) mass is 602 g/mol. The molecule has 2 nitrogen and oxygen atoms in total. The highest BCUT2D eigenvalue weighted by Crippen LogP contribution is 2.53. The predicted molar refractivity (Wildman–Crippen MR) is 198 cm³/mol. The zero-order valence-corrected chi connectivity index (χ0v) is 26.6. The fourth-order valence-electron chi connectivity index (χ4n) is 7.59. The van der Waals surface area contributed by atoms with Crippen LogP contribution < -0.4 is 4.90 Å². The van der Waals surface area contributed by atoms with Gasteiger partial charge in [0.1, 0.15) is 0 Å². The topological polar surface area (TPSA) is 8.17 Å². The Hall–Kier alpha value is -5.86. The van der Waals surface area contributed by atoms with E-state index in [0.29, 0.717) is 0 Å². The molecule has 0 saturated heterocycles. The van der Waals surface area contributed by atoms with Gasteiger partial charge in [-0.15, -0.1) is 0 Å². The second-order valence-electron chi connectivity index (χ2n) is 13.0. The molecule has 0 fully saturated rings. The molecular formula is C45H34N2. The van der Waals surface area contributed by atoms with Crippen molar-refractivity contribution in [1.82, 2.24) is 4.57 Å². The maximum absolute atomic E-state index is 2.44. The van der Waals surface area contributed by atoms with Crippen molar-refractivity contribution in [3.63, 3.8) is 0 Å². The van der Waals surface area contributed by atoms with E-state index in [4.69, 9.17) is 0 Å². The second kappa shape index (κ2) is 10.6. The van der Waals surface area contributed by atoms with Crippen LogP contribution >= 0.6 is 0 Å². The van der Waals surface area contributed by atoms with Crippen molar-refractivity contribution in [1.29, 1.82) is 0 Å². The molecule has 0 N–H and O–H groups in total. The molecule has 1 aliphatic heterocycles. The van der Waals surface area contributed by atoms with Crippen molar-refractivity contribution in [3.8, 4) is 27.9 Å². The number of anilines is 3. The average Bonchev–Trinajstić information content (AvgIpc) is 3.46. The van der Waals surface area contributed by atoms with Gasteiger partial charge in [-0.05, 0) is 100 Å². The quantitative estimate of drug-likeness (QED) is 0.195. The van der Waals surface area contributed by atoms with Crippen molar-refractivity contribution >= 4 is 38.9 Å². The Morgan fingerprint density at radius 1 is 0.383 bits per heavy atom. The number of fused-ring (bicyclic) bond motifs is 5. The molecule has 0 saturated carbocycles. The minimum absolute atomic E-state index is 0.218. The van der Waals surface area contributed by atoms with Crippen LogP contribution in [-0.2, 0) is 5.41 Å². The molecule has 2 heterocycles. The Morgan fingerprint density at radius 2 is 0.872 bits per heavy atom. The third-order valence-corrected chi connectivity index (χ3v) is 9.96. The number of aromatic nitrogens is 1. The van der Waals surface area contributed by atoms with Crippen LogP contribution in [-0.4, -0.2) is 4.57 Å². The highest BCUT2D eigenvalue weighted by Gasteiger charge is 2.37. The van der Waals surface area contributed by atoms with Crippen molar-refractivity contribution < 1.29 is 0 Å². The summed E-state index contributed by atoms with van der Waals surface area (Å²) in [5.74, 6) is 0. The molecule has 0 aliphatic carbocycles. The molecule has 0 bridgehead atoms. The maximum Gasteiger partial charge on any atom is 0.0541 e. The van der Waals surface area contributed by atoms with Gasteiger partial charge in [-0.1, -0.05) is 117 Å². The summed E-state index contributed by atoms with van der Waals surface area (Å²) in [4.78, 5) is 2.44. The third-order valence-electron chi connectivity index (χ3n) is 9.96. The summed E-state index contributed by atoms with van der Waals surface area (Å²) in [6.45, 7) is 4.75. The van der Waals surface area contributed by atoms with Gasteiger partial charge in [-0.2, -0.15) is 0 Å². The molecule has 0 unspecified atom stereocenters. The van der Waals surface area contributed by atoms with Gasteiger partial charge >= 0.3 is 0 Å². The zero-order chi connectivity index (χ0) is 31.5. The van der Waals surface area contributed by atoms with Crippen LogP contribution in [0.3, 0.4) is 0 Å². The average molecular weight is 603 g/mol. The molecule has 0 spiro atoms. The smallest absolute Gasteiger partial charge is 0.0541 e. The second-order valence-corrected chi connectivity index (χ2v) is 13.0. The van der Waals surface area contributed by atoms with Gasteiger partial charge in [0.2, 0.25) is 0 Å². The summed E-state index contributed by atoms with van der Waals surface area (Å²) < 4.78 is 2.38. The number of hydrogen-bond donors (Lipinski definition) is 0. The largest absolute Gasteiger partial charge is 0.310 e. The summed E-state index contributed by atoms with van der Waals surface area (Å²) in [5, 5.41) is 2.53. The van der Waals surface area contributed by atoms with Crippen LogP contribution in [0.5, 0.6) is 0 Å². The minimum atomic E-state index is -0.218. The first-order valence-electron chi connectivity index (χ1n) is 16.4. The van der Waals surface area contributed by atoms with Crippen LogP contribution in [0.1, 0.15) is 25.0 Å². The van der Waals surface area contributed by atoms with Crippen LogP contribution in [0.25, 0.3) is 49.7 Å². The van der Waals surface area contributed by atoms with Crippen LogP contribution in [0.2, 0.25) is 0 Å². The molecule has 8 aromatic rings. The Morgan fingerprint density at radius 3 is 1.53 bits per heavy atom. The lowest BCUT2D eigenvalue weighted by molar-refractivity contribution is 0.632. The first kappa shape index (κ1) is 27.5. The molecule has 0 atom stereocenters. The maximum atomic E-state index is 2.44. The van der Waals surface area contributed by atoms with E-state index in [1.807, 2.05) is 0 Å². The highest BCUT2D eigenvalue weighted by atomic mass is 15.2. The Kier molecular flexibility index (Phi) is 6.20. The SMILES string of the molecule is CC1(C)c2cc(-c3ccccc3)ccc2N(c2ccccc2)c2ccc(-c3ccc4c(c3)c3ccccc3n4-c3ccccc3)cc21. The van der Waals surface area contributed by atoms with Crippen LogP contribution in [0.15, 0.2) is 170 Å². The molecule has 47 heavy (non-hydrogen) atoms. The fraction of sp³-hybridized carbons (Fsp3) is 0.0667. The number of para-hydroxylation sites is 3. The lowest BCUT2D eigenvalue weighted by Crippen LogP contribution is -2.30. The van der Waals surface area contributed by atoms with Crippen molar-refractivity contribution in [2.75, 3.05) is 4.90 Å². The molecule has 1 aromatic heterocycles. The van der Waals surface area contributed by atoms with Gasteiger partial charge in [0.15, 0.2) is 0 Å². The third kappa shape index (κ3) is 4.33. The number of rotatable bonds is 4. The van der Waals surface area contributed by atoms with Crippen molar-refractivity contribution in [3.05, 3.63) is 181 Å². The molecule has 224 valence electrons. The highest BCUT2D eigenvalue weighted by molar-refractivity contribution is 6.10. The normalized spacial score (nSPS) is 13.4. The van der Waals surface area contributed by atoms with Crippen LogP contribution in [0.4, 0.5) is 17.1 Å². The van der Waals surface area contributed by atoms with Gasteiger partial charge < -0.3 is 9.47 Å². The van der Waals surface area contributed by atoms with E-state index in [1.165, 1.54) is 77.9 Å². The molecule has 0 amide bonds. The lowest BCUT2D eigenvalue weighted by Gasteiger charge is -2.42. The van der Waals surface area contributed by atoms with E-state index in [0.717, 1.165) is 0 Å². The summed E-state index contributed by atoms with van der Waals surface area (Å²) in [7, 11) is 0. The number of benzene rings is 7. The number of hydrogen-bond acceptors (Lipinski definition) is 1. The van der Waals surface area contributed by atoms with E-state index in [-0.39, 0.29) is 5.41 Å². The van der Waals surface area contributed by atoms with Crippen molar-refractivity contribution in [2.24, 2.45) is 0 Å². The van der Waals surface area contributed by atoms with E-state index < -0.39 is 0 Å². The molecule has 9 rings (SSSR count). The molecule has 1 aliphatic rings. The first-order valence-corrected chi connectivity index (χ1v) is 16.4. The van der Waals surface area contributed by atoms with Gasteiger partial charge in [0.05, 0.1) is 22.4 Å². The van der Waals surface area contributed by atoms with Gasteiger partial charge in [0, 0.05) is 27.6 Å². The molecular weight excluding hydrogens is 569 g/mol. The lowest BCUT2D eigenvalue weighted by atomic mass is 9.72. The van der Waals surface area contributed by atoms with E-state index in [2.05, 4.69) is 193 Å². The van der Waals surface area contributed by atoms with Crippen molar-refractivity contribution in [2.45, 2.75) is 19.3 Å². The fourth-order valence-corrected chi connectivity index (χ4v) is 7.59. The first-order chi connectivity index (χ1) is 23.1. The Balaban J connectivity index is 1.23. The Labute approximate surface area is 275 Å². The predicted octanol–water partition coefficient (Wildman–Crippen LogP) is 12.2. The zero-order valence-electron chi connectivity index (χ0n) is 26.6. The number of nitrogens with zero attached hydrogens (tertiary/aromatic N) is 2. The van der Waals surface area contributed by atoms with E-state index >= 15 is 0 Å². The van der Waals surface area contributed by atoms with E-state index in [1.54, 1.807) is 0 Å². The van der Waals surface area contributed by atoms with Crippen LogP contribution in [0, 0.1) is 0 Å². The Bertz CT molecular complexity index is 2420. The summed E-state index contributed by atoms with van der Waals surface area (Å²) >= 11 is 0. The summed E-state index contributed by atoms with van der Waals surface area (Å²) in [6.07, 6.45) is 0. The summed E-state index contributed by atoms with van der Waals surface area (Å²) in [5.41, 5.74) is 14.6. The van der Waals surface area contributed by atoms with Gasteiger partial charge in [-0.25, -0.2) is 0 Å². The molecule has 7 aromatic carbocycles.